The van der Waals surface area contributed by atoms with Crippen molar-refractivity contribution in [1.29, 1.82) is 0 Å². The molecule has 0 aromatic heterocycles. The molecule has 0 bridgehead atoms. The van der Waals surface area contributed by atoms with Gasteiger partial charge in [-0.25, -0.2) is 4.39 Å². The molecule has 1 N–H and O–H groups in total. The number of anilines is 1. The molecule has 0 spiro atoms. The van der Waals surface area contributed by atoms with Gasteiger partial charge in [-0.15, -0.1) is 0 Å². The van der Waals surface area contributed by atoms with Gasteiger partial charge in [-0.05, 0) is 53.9 Å². The van der Waals surface area contributed by atoms with E-state index >= 15 is 0 Å². The van der Waals surface area contributed by atoms with E-state index in [4.69, 9.17) is 0 Å². The van der Waals surface area contributed by atoms with Crippen LogP contribution < -0.4 is 5.32 Å². The van der Waals surface area contributed by atoms with Gasteiger partial charge in [-0.2, -0.15) is 0 Å². The molecule has 2 rings (SSSR count). The molecule has 1 amide bonds. The average Bonchev–Trinajstić information content (AvgIpc) is 2.86. The SMILES string of the molecule is CC(Nc1ccc(Br)c(F)c1)C(=O)N1CCCC1. The number of nitrogens with zero attached hydrogens (tertiary/aromatic N) is 1. The maximum atomic E-state index is 13.3. The zero-order valence-electron chi connectivity index (χ0n) is 10.2. The van der Waals surface area contributed by atoms with E-state index in [9.17, 15) is 9.18 Å². The van der Waals surface area contributed by atoms with Crippen molar-refractivity contribution in [3.63, 3.8) is 0 Å². The molecule has 1 atom stereocenters. The molecule has 1 aliphatic rings. The standard InChI is InChI=1S/C13H16BrFN2O/c1-9(13(18)17-6-2-3-7-17)16-10-4-5-11(14)12(15)8-10/h4-5,8-9,16H,2-3,6-7H2,1H3. The Bertz CT molecular complexity index is 447. The summed E-state index contributed by atoms with van der Waals surface area (Å²) in [7, 11) is 0. The van der Waals surface area contributed by atoms with Crippen molar-refractivity contribution < 1.29 is 9.18 Å². The summed E-state index contributed by atoms with van der Waals surface area (Å²) in [6, 6.07) is 4.44. The quantitative estimate of drug-likeness (QED) is 0.930. The Balaban J connectivity index is 1.99. The van der Waals surface area contributed by atoms with Gasteiger partial charge in [0.25, 0.3) is 0 Å². The second-order valence-corrected chi connectivity index (χ2v) is 5.38. The minimum atomic E-state index is -0.333. The molecule has 1 aliphatic heterocycles. The second kappa shape index (κ2) is 5.69. The monoisotopic (exact) mass is 314 g/mol. The van der Waals surface area contributed by atoms with Crippen LogP contribution >= 0.6 is 15.9 Å². The van der Waals surface area contributed by atoms with Crippen molar-refractivity contribution in [2.45, 2.75) is 25.8 Å². The fourth-order valence-corrected chi connectivity index (χ4v) is 2.36. The van der Waals surface area contributed by atoms with E-state index in [-0.39, 0.29) is 17.8 Å². The number of halogens is 2. The molecular formula is C13H16BrFN2O. The van der Waals surface area contributed by atoms with Gasteiger partial charge < -0.3 is 10.2 Å². The number of nitrogens with one attached hydrogen (secondary N) is 1. The highest BCUT2D eigenvalue weighted by Gasteiger charge is 2.23. The molecule has 0 radical (unpaired) electrons. The summed E-state index contributed by atoms with van der Waals surface area (Å²) < 4.78 is 13.8. The summed E-state index contributed by atoms with van der Waals surface area (Å²) in [4.78, 5) is 13.9. The van der Waals surface area contributed by atoms with E-state index < -0.39 is 0 Å². The molecule has 0 aliphatic carbocycles. The van der Waals surface area contributed by atoms with Gasteiger partial charge in [0, 0.05) is 18.8 Å². The number of hydrogen-bond acceptors (Lipinski definition) is 2. The third-order valence-electron chi connectivity index (χ3n) is 3.09. The first kappa shape index (κ1) is 13.3. The van der Waals surface area contributed by atoms with Crippen molar-refractivity contribution in [3.8, 4) is 0 Å². The van der Waals surface area contributed by atoms with Gasteiger partial charge in [0.2, 0.25) is 5.91 Å². The zero-order valence-corrected chi connectivity index (χ0v) is 11.8. The number of amides is 1. The van der Waals surface area contributed by atoms with E-state index in [0.717, 1.165) is 25.9 Å². The lowest BCUT2D eigenvalue weighted by Gasteiger charge is -2.21. The molecular weight excluding hydrogens is 299 g/mol. The number of carbonyl (C=O) groups excluding carboxylic acids is 1. The molecule has 3 nitrogen and oxygen atoms in total. The van der Waals surface area contributed by atoms with Crippen molar-refractivity contribution in [2.24, 2.45) is 0 Å². The van der Waals surface area contributed by atoms with E-state index in [1.807, 2.05) is 4.90 Å². The Morgan fingerprint density at radius 3 is 2.72 bits per heavy atom. The Labute approximate surface area is 114 Å². The maximum Gasteiger partial charge on any atom is 0.244 e. The second-order valence-electron chi connectivity index (χ2n) is 4.53. The Morgan fingerprint density at radius 2 is 2.11 bits per heavy atom. The van der Waals surface area contributed by atoms with Crippen LogP contribution in [0.2, 0.25) is 0 Å². The van der Waals surface area contributed by atoms with Gasteiger partial charge in [0.05, 0.1) is 4.47 Å². The molecule has 1 saturated heterocycles. The van der Waals surface area contributed by atoms with Crippen LogP contribution in [0.25, 0.3) is 0 Å². The first-order valence-electron chi connectivity index (χ1n) is 6.08. The Morgan fingerprint density at radius 1 is 1.44 bits per heavy atom. The third-order valence-corrected chi connectivity index (χ3v) is 3.73. The van der Waals surface area contributed by atoms with Crippen molar-refractivity contribution in [2.75, 3.05) is 18.4 Å². The predicted molar refractivity (Wildman–Crippen MR) is 73.0 cm³/mol. The molecule has 1 heterocycles. The topological polar surface area (TPSA) is 32.3 Å². The zero-order chi connectivity index (χ0) is 13.1. The number of carbonyl (C=O) groups is 1. The Hall–Kier alpha value is -1.10. The third kappa shape index (κ3) is 3.02. The van der Waals surface area contributed by atoms with Crippen LogP contribution in [0.3, 0.4) is 0 Å². The fraction of sp³-hybridized carbons (Fsp3) is 0.462. The highest BCUT2D eigenvalue weighted by molar-refractivity contribution is 9.10. The average molecular weight is 315 g/mol. The smallest absolute Gasteiger partial charge is 0.244 e. The van der Waals surface area contributed by atoms with E-state index in [2.05, 4.69) is 21.2 Å². The predicted octanol–water partition coefficient (Wildman–Crippen LogP) is 3.01. The summed E-state index contributed by atoms with van der Waals surface area (Å²) in [6.07, 6.45) is 2.15. The van der Waals surface area contributed by atoms with Crippen molar-refractivity contribution in [3.05, 3.63) is 28.5 Å². The number of hydrogen-bond donors (Lipinski definition) is 1. The van der Waals surface area contributed by atoms with Crippen molar-refractivity contribution in [1.82, 2.24) is 4.90 Å². The number of likely N-dealkylation sites (tertiary alicyclic amines) is 1. The van der Waals surface area contributed by atoms with Crippen LogP contribution in [0.4, 0.5) is 10.1 Å². The van der Waals surface area contributed by atoms with Crippen molar-refractivity contribution >= 4 is 27.5 Å². The van der Waals surface area contributed by atoms with Crippen LogP contribution in [0.5, 0.6) is 0 Å². The number of rotatable bonds is 3. The molecule has 18 heavy (non-hydrogen) atoms. The van der Waals surface area contributed by atoms with Crippen LogP contribution in [0, 0.1) is 5.82 Å². The summed E-state index contributed by atoms with van der Waals surface area (Å²) in [5.74, 6) is -0.253. The lowest BCUT2D eigenvalue weighted by atomic mass is 10.2. The normalized spacial score (nSPS) is 16.7. The van der Waals surface area contributed by atoms with Gasteiger partial charge in [0.1, 0.15) is 11.9 Å². The highest BCUT2D eigenvalue weighted by atomic mass is 79.9. The summed E-state index contributed by atoms with van der Waals surface area (Å²) >= 11 is 3.10. The van der Waals surface area contributed by atoms with E-state index in [0.29, 0.717) is 10.2 Å². The van der Waals surface area contributed by atoms with Crippen LogP contribution in [0.1, 0.15) is 19.8 Å². The van der Waals surface area contributed by atoms with Gasteiger partial charge in [-0.3, -0.25) is 4.79 Å². The van der Waals surface area contributed by atoms with Gasteiger partial charge in [-0.1, -0.05) is 0 Å². The Kier molecular flexibility index (Phi) is 4.22. The van der Waals surface area contributed by atoms with Gasteiger partial charge >= 0.3 is 0 Å². The van der Waals surface area contributed by atoms with Gasteiger partial charge in [0.15, 0.2) is 0 Å². The van der Waals surface area contributed by atoms with Crippen LogP contribution in [-0.4, -0.2) is 29.9 Å². The van der Waals surface area contributed by atoms with E-state index in [1.54, 1.807) is 19.1 Å². The molecule has 0 saturated carbocycles. The highest BCUT2D eigenvalue weighted by Crippen LogP contribution is 2.20. The van der Waals surface area contributed by atoms with E-state index in [1.165, 1.54) is 6.07 Å². The lowest BCUT2D eigenvalue weighted by molar-refractivity contribution is -0.130. The first-order valence-corrected chi connectivity index (χ1v) is 6.87. The summed E-state index contributed by atoms with van der Waals surface area (Å²) in [5.41, 5.74) is 0.621. The fourth-order valence-electron chi connectivity index (χ4n) is 2.11. The first-order chi connectivity index (χ1) is 8.58. The molecule has 1 aromatic rings. The molecule has 1 unspecified atom stereocenters. The minimum absolute atomic E-state index is 0.0795. The lowest BCUT2D eigenvalue weighted by Crippen LogP contribution is -2.39. The molecule has 5 heteroatoms. The summed E-state index contributed by atoms with van der Waals surface area (Å²) in [5, 5.41) is 3.03. The minimum Gasteiger partial charge on any atom is -0.374 e. The van der Waals surface area contributed by atoms with Crippen LogP contribution in [0.15, 0.2) is 22.7 Å². The molecule has 1 aromatic carbocycles. The largest absolute Gasteiger partial charge is 0.374 e. The van der Waals surface area contributed by atoms with Crippen LogP contribution in [-0.2, 0) is 4.79 Å². The maximum absolute atomic E-state index is 13.3. The number of benzene rings is 1. The summed E-state index contributed by atoms with van der Waals surface area (Å²) in [6.45, 7) is 3.47. The molecule has 1 fully saturated rings. The molecule has 98 valence electrons.